The van der Waals surface area contributed by atoms with Crippen molar-refractivity contribution < 1.29 is 14.3 Å². The van der Waals surface area contributed by atoms with Crippen LogP contribution in [0.2, 0.25) is 0 Å². The van der Waals surface area contributed by atoms with Crippen molar-refractivity contribution in [2.45, 2.75) is 6.92 Å². The topological polar surface area (TPSA) is 76.2 Å². The smallest absolute Gasteiger partial charge is 0.354 e. The second-order valence-corrected chi connectivity index (χ2v) is 4.17. The van der Waals surface area contributed by atoms with E-state index in [4.69, 9.17) is 9.52 Å². The summed E-state index contributed by atoms with van der Waals surface area (Å²) in [6, 6.07) is 10.8. The van der Waals surface area contributed by atoms with E-state index in [-0.39, 0.29) is 11.5 Å². The Balaban J connectivity index is 2.17. The van der Waals surface area contributed by atoms with Crippen LogP contribution in [-0.2, 0) is 0 Å². The SMILES string of the molecule is Cc1cc(C(=O)O)nc(-c2cc3ccccc3o2)n1. The molecule has 0 aliphatic heterocycles. The number of aromatic carboxylic acids is 1. The summed E-state index contributed by atoms with van der Waals surface area (Å²) in [5, 5.41) is 9.93. The standard InChI is InChI=1S/C14H10N2O3/c1-8-6-10(14(17)18)16-13(15-8)12-7-9-4-2-3-5-11(9)19-12/h2-7H,1H3,(H,17,18). The lowest BCUT2D eigenvalue weighted by Gasteiger charge is -2.00. The number of fused-ring (bicyclic) bond motifs is 1. The maximum Gasteiger partial charge on any atom is 0.354 e. The van der Waals surface area contributed by atoms with E-state index in [1.54, 1.807) is 13.0 Å². The normalized spacial score (nSPS) is 10.8. The molecule has 3 aromatic rings. The number of furan rings is 1. The summed E-state index contributed by atoms with van der Waals surface area (Å²) in [6.45, 7) is 1.72. The van der Waals surface area contributed by atoms with E-state index in [1.807, 2.05) is 24.3 Å². The number of para-hydroxylation sites is 1. The van der Waals surface area contributed by atoms with Gasteiger partial charge in [-0.25, -0.2) is 14.8 Å². The van der Waals surface area contributed by atoms with Crippen molar-refractivity contribution in [1.29, 1.82) is 0 Å². The fourth-order valence-corrected chi connectivity index (χ4v) is 1.88. The van der Waals surface area contributed by atoms with Crippen LogP contribution in [0.25, 0.3) is 22.6 Å². The molecule has 0 saturated heterocycles. The Morgan fingerprint density at radius 1 is 1.21 bits per heavy atom. The van der Waals surface area contributed by atoms with Gasteiger partial charge in [-0.3, -0.25) is 0 Å². The maximum atomic E-state index is 11.0. The van der Waals surface area contributed by atoms with Gasteiger partial charge >= 0.3 is 5.97 Å². The van der Waals surface area contributed by atoms with Crippen LogP contribution in [0.5, 0.6) is 0 Å². The van der Waals surface area contributed by atoms with Crippen molar-refractivity contribution in [2.75, 3.05) is 0 Å². The molecule has 2 aromatic heterocycles. The Kier molecular flexibility index (Phi) is 2.52. The fourth-order valence-electron chi connectivity index (χ4n) is 1.88. The molecule has 2 heterocycles. The molecular formula is C14H10N2O3. The highest BCUT2D eigenvalue weighted by molar-refractivity contribution is 5.86. The van der Waals surface area contributed by atoms with Gasteiger partial charge in [0.1, 0.15) is 5.58 Å². The molecule has 94 valence electrons. The van der Waals surface area contributed by atoms with Crippen molar-refractivity contribution in [3.63, 3.8) is 0 Å². The predicted octanol–water partition coefficient (Wildman–Crippen LogP) is 2.90. The summed E-state index contributed by atoms with van der Waals surface area (Å²) >= 11 is 0. The first-order valence-corrected chi connectivity index (χ1v) is 5.71. The zero-order valence-electron chi connectivity index (χ0n) is 10.1. The van der Waals surface area contributed by atoms with Gasteiger partial charge in [-0.05, 0) is 25.1 Å². The molecule has 0 aliphatic rings. The summed E-state index contributed by atoms with van der Waals surface area (Å²) in [5.74, 6) is -0.330. The van der Waals surface area contributed by atoms with Crippen LogP contribution in [0, 0.1) is 6.92 Å². The van der Waals surface area contributed by atoms with Crippen molar-refractivity contribution in [3.05, 3.63) is 47.8 Å². The van der Waals surface area contributed by atoms with Crippen LogP contribution in [-0.4, -0.2) is 21.0 Å². The van der Waals surface area contributed by atoms with Crippen molar-refractivity contribution in [2.24, 2.45) is 0 Å². The Bertz CT molecular complexity index is 744. The van der Waals surface area contributed by atoms with Crippen LogP contribution in [0.4, 0.5) is 0 Å². The van der Waals surface area contributed by atoms with Crippen molar-refractivity contribution in [1.82, 2.24) is 9.97 Å². The summed E-state index contributed by atoms with van der Waals surface area (Å²) in [7, 11) is 0. The number of hydrogen-bond acceptors (Lipinski definition) is 4. The van der Waals surface area contributed by atoms with E-state index < -0.39 is 5.97 Å². The third kappa shape index (κ3) is 2.06. The Hall–Kier alpha value is -2.69. The van der Waals surface area contributed by atoms with Gasteiger partial charge in [-0.2, -0.15) is 0 Å². The van der Waals surface area contributed by atoms with Crippen LogP contribution >= 0.6 is 0 Å². The maximum absolute atomic E-state index is 11.0. The molecule has 0 radical (unpaired) electrons. The molecule has 0 aliphatic carbocycles. The minimum atomic E-state index is -1.08. The van der Waals surface area contributed by atoms with Gasteiger partial charge in [0, 0.05) is 11.1 Å². The predicted molar refractivity (Wildman–Crippen MR) is 68.9 cm³/mol. The molecule has 3 rings (SSSR count). The zero-order valence-corrected chi connectivity index (χ0v) is 10.1. The molecular weight excluding hydrogens is 244 g/mol. The number of benzene rings is 1. The number of aromatic nitrogens is 2. The number of nitrogens with zero attached hydrogens (tertiary/aromatic N) is 2. The van der Waals surface area contributed by atoms with E-state index in [2.05, 4.69) is 9.97 Å². The molecule has 5 nitrogen and oxygen atoms in total. The van der Waals surface area contributed by atoms with E-state index >= 15 is 0 Å². The van der Waals surface area contributed by atoms with Gasteiger partial charge in [0.15, 0.2) is 17.3 Å². The van der Waals surface area contributed by atoms with Gasteiger partial charge in [0.05, 0.1) is 0 Å². The number of aryl methyl sites for hydroxylation is 1. The van der Waals surface area contributed by atoms with E-state index in [9.17, 15) is 4.79 Å². The first-order valence-electron chi connectivity index (χ1n) is 5.71. The highest BCUT2D eigenvalue weighted by Gasteiger charge is 2.13. The number of carbonyl (C=O) groups is 1. The highest BCUT2D eigenvalue weighted by atomic mass is 16.4. The monoisotopic (exact) mass is 254 g/mol. The van der Waals surface area contributed by atoms with Crippen LogP contribution in [0.15, 0.2) is 40.8 Å². The third-order valence-corrected chi connectivity index (χ3v) is 2.72. The minimum absolute atomic E-state index is 0.0389. The molecule has 0 fully saturated rings. The van der Waals surface area contributed by atoms with E-state index in [1.165, 1.54) is 6.07 Å². The zero-order chi connectivity index (χ0) is 13.4. The number of carboxylic acid groups (broad SMARTS) is 1. The van der Waals surface area contributed by atoms with Gasteiger partial charge in [0.2, 0.25) is 0 Å². The lowest BCUT2D eigenvalue weighted by atomic mass is 10.2. The Morgan fingerprint density at radius 2 is 2.00 bits per heavy atom. The van der Waals surface area contributed by atoms with E-state index in [0.717, 1.165) is 11.0 Å². The molecule has 0 amide bonds. The first kappa shape index (κ1) is 11.4. The van der Waals surface area contributed by atoms with Crippen LogP contribution < -0.4 is 0 Å². The Morgan fingerprint density at radius 3 is 2.74 bits per heavy atom. The fraction of sp³-hybridized carbons (Fsp3) is 0.0714. The molecule has 0 atom stereocenters. The van der Waals surface area contributed by atoms with Gasteiger partial charge in [0.25, 0.3) is 0 Å². The van der Waals surface area contributed by atoms with Crippen molar-refractivity contribution >= 4 is 16.9 Å². The van der Waals surface area contributed by atoms with Crippen molar-refractivity contribution in [3.8, 4) is 11.6 Å². The average Bonchev–Trinajstić information content (AvgIpc) is 2.81. The molecule has 0 spiro atoms. The quantitative estimate of drug-likeness (QED) is 0.760. The van der Waals surface area contributed by atoms with Crippen LogP contribution in [0.1, 0.15) is 16.2 Å². The summed E-state index contributed by atoms with van der Waals surface area (Å²) in [6.07, 6.45) is 0. The van der Waals surface area contributed by atoms with Gasteiger partial charge in [-0.15, -0.1) is 0 Å². The second kappa shape index (κ2) is 4.20. The largest absolute Gasteiger partial charge is 0.477 e. The molecule has 5 heteroatoms. The molecule has 0 unspecified atom stereocenters. The van der Waals surface area contributed by atoms with Crippen LogP contribution in [0.3, 0.4) is 0 Å². The molecule has 19 heavy (non-hydrogen) atoms. The lowest BCUT2D eigenvalue weighted by Crippen LogP contribution is -2.03. The molecule has 0 saturated carbocycles. The molecule has 1 N–H and O–H groups in total. The Labute approximate surface area is 108 Å². The first-order chi connectivity index (χ1) is 9.13. The summed E-state index contributed by atoms with van der Waals surface area (Å²) < 4.78 is 5.63. The van der Waals surface area contributed by atoms with Gasteiger partial charge in [-0.1, -0.05) is 18.2 Å². The highest BCUT2D eigenvalue weighted by Crippen LogP contribution is 2.25. The van der Waals surface area contributed by atoms with E-state index in [0.29, 0.717) is 11.5 Å². The second-order valence-electron chi connectivity index (χ2n) is 4.17. The number of rotatable bonds is 2. The van der Waals surface area contributed by atoms with Gasteiger partial charge < -0.3 is 9.52 Å². The summed E-state index contributed by atoms with van der Waals surface area (Å²) in [5.41, 5.74) is 1.27. The number of hydrogen-bond donors (Lipinski definition) is 1. The molecule has 1 aromatic carbocycles. The molecule has 0 bridgehead atoms. The average molecular weight is 254 g/mol. The lowest BCUT2D eigenvalue weighted by molar-refractivity contribution is 0.0690. The minimum Gasteiger partial charge on any atom is -0.477 e. The summed E-state index contributed by atoms with van der Waals surface area (Å²) in [4.78, 5) is 19.2. The third-order valence-electron chi connectivity index (χ3n) is 2.72. The number of carboxylic acids is 1.